The Hall–Kier alpha value is -2.04. The van der Waals surface area contributed by atoms with Gasteiger partial charge in [-0.15, -0.1) is 0 Å². The van der Waals surface area contributed by atoms with Gasteiger partial charge in [0.1, 0.15) is 11.6 Å². The van der Waals surface area contributed by atoms with Gasteiger partial charge in [0.15, 0.2) is 23.8 Å². The van der Waals surface area contributed by atoms with Crippen molar-refractivity contribution in [3.63, 3.8) is 0 Å². The van der Waals surface area contributed by atoms with E-state index >= 15 is 0 Å². The fraction of sp³-hybridized carbons (Fsp3) is 0.907. The van der Waals surface area contributed by atoms with Crippen LogP contribution >= 0.6 is 0 Å². The van der Waals surface area contributed by atoms with E-state index in [-0.39, 0.29) is 72.8 Å². The fourth-order valence-corrected chi connectivity index (χ4v) is 11.5. The summed E-state index contributed by atoms with van der Waals surface area (Å²) >= 11 is 0. The van der Waals surface area contributed by atoms with E-state index in [1.165, 1.54) is 0 Å². The molecule has 0 aromatic rings. The van der Waals surface area contributed by atoms with Crippen LogP contribution in [0.1, 0.15) is 152 Å². The molecule has 0 amide bonds. The molecule has 0 radical (unpaired) electrons. The van der Waals surface area contributed by atoms with Gasteiger partial charge >= 0.3 is 11.9 Å². The first-order valence-corrected chi connectivity index (χ1v) is 21.9. The van der Waals surface area contributed by atoms with E-state index in [1.807, 2.05) is 34.6 Å². The Morgan fingerprint density at radius 3 is 1.40 bits per heavy atom. The number of ketones is 2. The number of hydrogen-bond donors (Lipinski definition) is 0. The summed E-state index contributed by atoms with van der Waals surface area (Å²) in [5.41, 5.74) is -1.32. The second-order valence-electron chi connectivity index (χ2n) is 18.7. The van der Waals surface area contributed by atoms with Crippen LogP contribution in [0.15, 0.2) is 0 Å². The average Bonchev–Trinajstić information content (AvgIpc) is 3.55. The number of ether oxygens (including phenoxy) is 6. The lowest BCUT2D eigenvalue weighted by atomic mass is 9.58. The molecule has 8 heterocycles. The number of hydrogen-bond acceptors (Lipinski definition) is 14. The van der Waals surface area contributed by atoms with E-state index < -0.39 is 59.9 Å². The van der Waals surface area contributed by atoms with E-state index in [0.717, 1.165) is 57.8 Å². The van der Waals surface area contributed by atoms with Crippen molar-refractivity contribution in [3.05, 3.63) is 0 Å². The summed E-state index contributed by atoms with van der Waals surface area (Å²) in [6.45, 7) is 16.1. The van der Waals surface area contributed by atoms with Crippen LogP contribution < -0.4 is 0 Å². The molecule has 0 unspecified atom stereocenters. The molecule has 0 N–H and O–H groups in total. The van der Waals surface area contributed by atoms with Crippen molar-refractivity contribution >= 4 is 23.5 Å². The molecule has 57 heavy (non-hydrogen) atoms. The minimum atomic E-state index is -0.848. The molecular formula is C43H66O14. The molecule has 10 fully saturated rings. The van der Waals surface area contributed by atoms with Gasteiger partial charge in [0.25, 0.3) is 0 Å². The minimum absolute atomic E-state index is 0.0493. The highest BCUT2D eigenvalue weighted by Crippen LogP contribution is 2.62. The minimum Gasteiger partial charge on any atom is -0.435 e. The van der Waals surface area contributed by atoms with Gasteiger partial charge < -0.3 is 28.4 Å². The summed E-state index contributed by atoms with van der Waals surface area (Å²) in [6, 6.07) is 0. The highest BCUT2D eigenvalue weighted by Gasteiger charge is 2.71. The molecule has 2 aliphatic carbocycles. The largest absolute Gasteiger partial charge is 0.435 e. The molecule has 14 nitrogen and oxygen atoms in total. The highest BCUT2D eigenvalue weighted by molar-refractivity contribution is 5.83. The maximum Gasteiger partial charge on any atom is 0.308 e. The third-order valence-electron chi connectivity index (χ3n) is 14.8. The van der Waals surface area contributed by atoms with Crippen LogP contribution in [-0.4, -0.2) is 71.4 Å². The van der Waals surface area contributed by atoms with E-state index in [0.29, 0.717) is 24.7 Å². The van der Waals surface area contributed by atoms with Crippen LogP contribution in [-0.2, 0) is 67.1 Å². The summed E-state index contributed by atoms with van der Waals surface area (Å²) < 4.78 is 36.3. The van der Waals surface area contributed by atoms with E-state index in [2.05, 4.69) is 13.8 Å². The third kappa shape index (κ3) is 8.00. The van der Waals surface area contributed by atoms with E-state index in [1.54, 1.807) is 6.92 Å². The number of rotatable bonds is 11. The van der Waals surface area contributed by atoms with Gasteiger partial charge in [-0.1, -0.05) is 41.5 Å². The predicted molar refractivity (Wildman–Crippen MR) is 200 cm³/mol. The molecular weight excluding hydrogens is 740 g/mol. The van der Waals surface area contributed by atoms with Crippen molar-refractivity contribution in [3.8, 4) is 0 Å². The lowest BCUT2D eigenvalue weighted by molar-refractivity contribution is -0.576. The molecule has 0 aromatic heterocycles. The molecule has 4 bridgehead atoms. The maximum absolute atomic E-state index is 12.4. The fourth-order valence-electron chi connectivity index (χ4n) is 11.5. The van der Waals surface area contributed by atoms with Crippen molar-refractivity contribution in [2.24, 2.45) is 47.3 Å². The van der Waals surface area contributed by atoms with Gasteiger partial charge in [-0.25, -0.2) is 19.6 Å². The third-order valence-corrected chi connectivity index (χ3v) is 14.8. The Morgan fingerprint density at radius 1 is 0.544 bits per heavy atom. The first kappa shape index (κ1) is 43.1. The highest BCUT2D eigenvalue weighted by atomic mass is 17.3. The summed E-state index contributed by atoms with van der Waals surface area (Å²) in [6.07, 6.45) is 7.16. The molecule has 14 heteroatoms. The molecule has 10 aliphatic rings. The number of esters is 2. The van der Waals surface area contributed by atoms with Crippen LogP contribution in [0.3, 0.4) is 0 Å². The van der Waals surface area contributed by atoms with Gasteiger partial charge in [-0.2, -0.15) is 0 Å². The number of fused-ring (bicyclic) bond motifs is 4. The van der Waals surface area contributed by atoms with E-state index in [4.69, 9.17) is 48.0 Å². The first-order chi connectivity index (χ1) is 27.1. The van der Waals surface area contributed by atoms with Crippen LogP contribution in [0, 0.1) is 47.3 Å². The Morgan fingerprint density at radius 2 is 0.982 bits per heavy atom. The van der Waals surface area contributed by atoms with E-state index in [9.17, 15) is 19.2 Å². The maximum atomic E-state index is 12.4. The van der Waals surface area contributed by atoms with Gasteiger partial charge in [0.05, 0.1) is 12.8 Å². The van der Waals surface area contributed by atoms with Gasteiger partial charge in [0, 0.05) is 62.2 Å². The zero-order chi connectivity index (χ0) is 40.9. The Balaban J connectivity index is 0.000000174. The van der Waals surface area contributed by atoms with Crippen molar-refractivity contribution in [1.82, 2.24) is 0 Å². The average molecular weight is 807 g/mol. The molecule has 8 saturated heterocycles. The zero-order valence-electron chi connectivity index (χ0n) is 35.3. The zero-order valence-corrected chi connectivity index (χ0v) is 35.3. The molecule has 2 saturated carbocycles. The van der Waals surface area contributed by atoms with Crippen LogP contribution in [0.4, 0.5) is 0 Å². The summed E-state index contributed by atoms with van der Waals surface area (Å²) in [7, 11) is 0. The standard InChI is InChI=1S/C22H34O7.C21H32O7/c1-5-6-15(23)8-10-18(24)25-19-14(3)17-9-7-13(2)16-11-12-21(4)27-20(26-19)22(16,17)29-28-21;1-5-14(22)7-9-17(23)24-18-13(3)16-8-6-12(2)15-10-11-20(4)26-19(25-18)21(15,16)28-27-20/h13-14,16-17,19-20H,5-12H2,1-4H3;12-13,15-16,18-19H,5-11H2,1-4H3/t13-,14-,16+,17+,19-,20-,21-,22-;12-,13-,15+,16+,18-,19-,20+,21-/m11/s1. The topological polar surface area (TPSA) is 161 Å². The van der Waals surface area contributed by atoms with Crippen molar-refractivity contribution in [2.75, 3.05) is 0 Å². The molecule has 322 valence electrons. The smallest absolute Gasteiger partial charge is 0.308 e. The second kappa shape index (κ2) is 16.8. The monoisotopic (exact) mass is 806 g/mol. The molecule has 16 atom stereocenters. The summed E-state index contributed by atoms with van der Waals surface area (Å²) in [5, 5.41) is 0. The van der Waals surface area contributed by atoms with Crippen molar-refractivity contribution in [2.45, 2.75) is 200 Å². The van der Waals surface area contributed by atoms with Crippen molar-refractivity contribution < 1.29 is 67.1 Å². The number of Topliss-reactive ketones (excluding diaryl/α,β-unsaturated/α-hetero) is 2. The molecule has 8 aliphatic heterocycles. The Bertz CT molecular complexity index is 1510. The quantitative estimate of drug-likeness (QED) is 0.150. The predicted octanol–water partition coefficient (Wildman–Crippen LogP) is 7.38. The van der Waals surface area contributed by atoms with Gasteiger partial charge in [0.2, 0.25) is 24.2 Å². The molecule has 0 aromatic carbocycles. The Labute approximate surface area is 337 Å². The first-order valence-electron chi connectivity index (χ1n) is 21.9. The lowest BCUT2D eigenvalue weighted by Crippen LogP contribution is -2.70. The normalized spacial score (nSPS) is 46.5. The number of carbonyl (C=O) groups is 4. The number of carbonyl (C=O) groups excluding carboxylic acids is 4. The summed E-state index contributed by atoms with van der Waals surface area (Å²) in [5.74, 6) is -0.686. The summed E-state index contributed by atoms with van der Waals surface area (Å²) in [4.78, 5) is 71.6. The van der Waals surface area contributed by atoms with Gasteiger partial charge in [-0.3, -0.25) is 19.2 Å². The SMILES string of the molecule is CCC(=O)CCC(=O)O[C@@H]1O[C@@H]2O[C@]3(C)CC[C@H]4[C@H](C)CC[C@@H]([C@H]1C)[C@@]24OO3.CCCC(=O)CCC(=O)O[C@@H]1O[C@@H]2O[C@@]3(C)CC[C@H]4[C@H](C)CC[C@@H]([C@H]1C)[C@@]24OO3. The molecule has 2 spiro atoms. The van der Waals surface area contributed by atoms with Crippen LogP contribution in [0.2, 0.25) is 0 Å². The molecule has 10 rings (SSSR count). The Kier molecular flexibility index (Phi) is 12.7. The van der Waals surface area contributed by atoms with Gasteiger partial charge in [-0.05, 0) is 82.5 Å². The van der Waals surface area contributed by atoms with Crippen molar-refractivity contribution in [1.29, 1.82) is 0 Å². The lowest BCUT2D eigenvalue weighted by Gasteiger charge is -2.59. The van der Waals surface area contributed by atoms with Crippen LogP contribution in [0.25, 0.3) is 0 Å². The second-order valence-corrected chi connectivity index (χ2v) is 18.7. The van der Waals surface area contributed by atoms with Crippen LogP contribution in [0.5, 0.6) is 0 Å².